The summed E-state index contributed by atoms with van der Waals surface area (Å²) in [6.45, 7) is -1.03. The van der Waals surface area contributed by atoms with Crippen molar-refractivity contribution in [2.24, 2.45) is 0 Å². The number of ether oxygens (including phenoxy) is 1. The van der Waals surface area contributed by atoms with Crippen molar-refractivity contribution in [3.05, 3.63) is 0 Å². The van der Waals surface area contributed by atoms with E-state index in [9.17, 15) is 4.39 Å². The Balaban J connectivity index is 2.63. The first kappa shape index (κ1) is 9.82. The third-order valence-electron chi connectivity index (χ3n) is 1.84. The summed E-state index contributed by atoms with van der Waals surface area (Å²) in [5.74, 6) is 0. The second-order valence-corrected chi connectivity index (χ2v) is 2.69. The standard InChI is InChI=1S/C6H11FO5/c7-1-2-3(8)4(9)5(10)6(11)12-2/h2-6,8-11H,1H2/t2-,3+,4+,5+,6?/m0/s1. The second-order valence-electron chi connectivity index (χ2n) is 2.69. The van der Waals surface area contributed by atoms with Crippen LogP contribution in [0.3, 0.4) is 0 Å². The third-order valence-corrected chi connectivity index (χ3v) is 1.84. The van der Waals surface area contributed by atoms with Gasteiger partial charge in [0.2, 0.25) is 0 Å². The maximum absolute atomic E-state index is 12.0. The van der Waals surface area contributed by atoms with Crippen LogP contribution >= 0.6 is 0 Å². The predicted molar refractivity (Wildman–Crippen MR) is 34.9 cm³/mol. The van der Waals surface area contributed by atoms with Gasteiger partial charge in [0.25, 0.3) is 0 Å². The van der Waals surface area contributed by atoms with Crippen LogP contribution in [0.5, 0.6) is 0 Å². The number of halogens is 1. The number of hydrogen-bond donors (Lipinski definition) is 4. The molecule has 0 radical (unpaired) electrons. The van der Waals surface area contributed by atoms with E-state index in [2.05, 4.69) is 4.74 Å². The molecular weight excluding hydrogens is 171 g/mol. The van der Waals surface area contributed by atoms with Crippen LogP contribution in [0.1, 0.15) is 0 Å². The van der Waals surface area contributed by atoms with Crippen LogP contribution in [-0.2, 0) is 4.74 Å². The SMILES string of the molecule is OC1O[C@@H](CF)[C@@H](O)[C@@H](O)[C@H]1O. The van der Waals surface area contributed by atoms with E-state index in [-0.39, 0.29) is 0 Å². The van der Waals surface area contributed by atoms with Crippen molar-refractivity contribution in [3.63, 3.8) is 0 Å². The van der Waals surface area contributed by atoms with Crippen LogP contribution in [0.4, 0.5) is 4.39 Å². The molecule has 1 fully saturated rings. The van der Waals surface area contributed by atoms with Crippen molar-refractivity contribution >= 4 is 0 Å². The van der Waals surface area contributed by atoms with Gasteiger partial charge in [0, 0.05) is 0 Å². The van der Waals surface area contributed by atoms with E-state index >= 15 is 0 Å². The fourth-order valence-corrected chi connectivity index (χ4v) is 1.06. The van der Waals surface area contributed by atoms with E-state index in [0.29, 0.717) is 0 Å². The maximum Gasteiger partial charge on any atom is 0.184 e. The van der Waals surface area contributed by atoms with E-state index in [0.717, 1.165) is 0 Å². The van der Waals surface area contributed by atoms with E-state index in [4.69, 9.17) is 20.4 Å². The van der Waals surface area contributed by atoms with Crippen molar-refractivity contribution in [3.8, 4) is 0 Å². The molecule has 4 N–H and O–H groups in total. The van der Waals surface area contributed by atoms with Gasteiger partial charge in [0.05, 0.1) is 0 Å². The first-order chi connectivity index (χ1) is 5.57. The Morgan fingerprint density at radius 3 is 2.08 bits per heavy atom. The summed E-state index contributed by atoms with van der Waals surface area (Å²) in [5, 5.41) is 35.8. The minimum atomic E-state index is -1.65. The average molecular weight is 182 g/mol. The zero-order chi connectivity index (χ0) is 9.30. The van der Waals surface area contributed by atoms with Gasteiger partial charge in [-0.1, -0.05) is 0 Å². The molecule has 0 aromatic rings. The number of aliphatic hydroxyl groups is 4. The number of rotatable bonds is 1. The molecule has 0 bridgehead atoms. The van der Waals surface area contributed by atoms with Crippen LogP contribution in [0.2, 0.25) is 0 Å². The van der Waals surface area contributed by atoms with Gasteiger partial charge in [-0.05, 0) is 0 Å². The lowest BCUT2D eigenvalue weighted by molar-refractivity contribution is -0.283. The molecule has 1 rings (SSSR count). The molecule has 0 aliphatic carbocycles. The van der Waals surface area contributed by atoms with Gasteiger partial charge in [-0.3, -0.25) is 0 Å². The van der Waals surface area contributed by atoms with Crippen molar-refractivity contribution in [2.75, 3.05) is 6.67 Å². The van der Waals surface area contributed by atoms with Gasteiger partial charge in [-0.25, -0.2) is 4.39 Å². The van der Waals surface area contributed by atoms with Crippen LogP contribution in [-0.4, -0.2) is 57.8 Å². The zero-order valence-corrected chi connectivity index (χ0v) is 6.17. The smallest absolute Gasteiger partial charge is 0.184 e. The first-order valence-corrected chi connectivity index (χ1v) is 3.51. The van der Waals surface area contributed by atoms with E-state index in [1.165, 1.54) is 0 Å². The quantitative estimate of drug-likeness (QED) is 0.368. The molecule has 1 aliphatic rings. The molecule has 0 amide bonds. The van der Waals surface area contributed by atoms with Gasteiger partial charge in [-0.2, -0.15) is 0 Å². The Morgan fingerprint density at radius 1 is 1.00 bits per heavy atom. The monoisotopic (exact) mass is 182 g/mol. The number of alkyl halides is 1. The van der Waals surface area contributed by atoms with E-state index in [1.807, 2.05) is 0 Å². The highest BCUT2D eigenvalue weighted by atomic mass is 19.1. The molecule has 12 heavy (non-hydrogen) atoms. The summed E-state index contributed by atoms with van der Waals surface area (Å²) in [5.41, 5.74) is 0. The predicted octanol–water partition coefficient (Wildman–Crippen LogP) is -2.24. The highest BCUT2D eigenvalue weighted by Gasteiger charge is 2.42. The summed E-state index contributed by atoms with van der Waals surface area (Å²) >= 11 is 0. The molecule has 0 aromatic carbocycles. The van der Waals surface area contributed by atoms with Gasteiger partial charge in [0.1, 0.15) is 31.1 Å². The van der Waals surface area contributed by atoms with Crippen molar-refractivity contribution in [2.45, 2.75) is 30.7 Å². The fourth-order valence-electron chi connectivity index (χ4n) is 1.06. The van der Waals surface area contributed by atoms with Crippen molar-refractivity contribution < 1.29 is 29.6 Å². The Morgan fingerprint density at radius 2 is 1.58 bits per heavy atom. The lowest BCUT2D eigenvalue weighted by Crippen LogP contribution is -2.58. The third kappa shape index (κ3) is 1.57. The summed E-state index contributed by atoms with van der Waals surface area (Å²) in [6, 6.07) is 0. The van der Waals surface area contributed by atoms with Gasteiger partial charge >= 0.3 is 0 Å². The lowest BCUT2D eigenvalue weighted by atomic mass is 10.00. The molecule has 1 aliphatic heterocycles. The zero-order valence-electron chi connectivity index (χ0n) is 6.17. The van der Waals surface area contributed by atoms with Gasteiger partial charge in [0.15, 0.2) is 6.29 Å². The minimum Gasteiger partial charge on any atom is -0.387 e. The minimum absolute atomic E-state index is 1.03. The molecule has 1 saturated heterocycles. The van der Waals surface area contributed by atoms with E-state index in [1.54, 1.807) is 0 Å². The maximum atomic E-state index is 12.0. The molecule has 0 spiro atoms. The molecule has 5 atom stereocenters. The molecule has 0 aromatic heterocycles. The van der Waals surface area contributed by atoms with E-state index < -0.39 is 37.4 Å². The molecule has 0 saturated carbocycles. The summed E-state index contributed by atoms with van der Waals surface area (Å²) < 4.78 is 16.5. The molecule has 6 heteroatoms. The highest BCUT2D eigenvalue weighted by molar-refractivity contribution is 4.88. The topological polar surface area (TPSA) is 90.2 Å². The fraction of sp³-hybridized carbons (Fsp3) is 1.00. The molecule has 72 valence electrons. The average Bonchev–Trinajstić information content (AvgIpc) is 2.08. The van der Waals surface area contributed by atoms with Crippen molar-refractivity contribution in [1.82, 2.24) is 0 Å². The van der Waals surface area contributed by atoms with Crippen molar-refractivity contribution in [1.29, 1.82) is 0 Å². The van der Waals surface area contributed by atoms with Crippen LogP contribution < -0.4 is 0 Å². The summed E-state index contributed by atoms with van der Waals surface area (Å²) in [4.78, 5) is 0. The normalized spacial score (nSPS) is 49.2. The van der Waals surface area contributed by atoms with Gasteiger partial charge < -0.3 is 25.2 Å². The number of hydrogen-bond acceptors (Lipinski definition) is 5. The van der Waals surface area contributed by atoms with Crippen LogP contribution in [0.15, 0.2) is 0 Å². The van der Waals surface area contributed by atoms with Gasteiger partial charge in [-0.15, -0.1) is 0 Å². The molecule has 1 heterocycles. The Hall–Kier alpha value is -0.270. The number of aliphatic hydroxyl groups excluding tert-OH is 4. The van der Waals surface area contributed by atoms with Crippen LogP contribution in [0.25, 0.3) is 0 Å². The molecule has 1 unspecified atom stereocenters. The highest BCUT2D eigenvalue weighted by Crippen LogP contribution is 2.19. The summed E-state index contributed by atoms with van der Waals surface area (Å²) in [7, 11) is 0. The Bertz CT molecular complexity index is 150. The first-order valence-electron chi connectivity index (χ1n) is 3.51. The Labute approximate surface area is 68.0 Å². The second kappa shape index (κ2) is 3.63. The molecular formula is C6H11FO5. The largest absolute Gasteiger partial charge is 0.387 e. The molecule has 5 nitrogen and oxygen atoms in total. The lowest BCUT2D eigenvalue weighted by Gasteiger charge is -2.37. The van der Waals surface area contributed by atoms with Crippen LogP contribution in [0, 0.1) is 0 Å². The Kier molecular flexibility index (Phi) is 2.97. The summed E-state index contributed by atoms with van der Waals surface area (Å²) in [6.07, 6.45) is -7.60.